The zero-order chi connectivity index (χ0) is 17.5. The van der Waals surface area contributed by atoms with Crippen LogP contribution in [0, 0.1) is 0 Å². The number of aromatic nitrogens is 2. The van der Waals surface area contributed by atoms with Crippen LogP contribution in [-0.4, -0.2) is 40.3 Å². The molecule has 1 aliphatic heterocycles. The Morgan fingerprint density at radius 2 is 2.20 bits per heavy atom. The van der Waals surface area contributed by atoms with Crippen LogP contribution < -0.4 is 10.6 Å². The van der Waals surface area contributed by atoms with Crippen LogP contribution in [0.4, 0.5) is 10.6 Å². The number of furan rings is 1. The van der Waals surface area contributed by atoms with E-state index in [1.54, 1.807) is 12.5 Å². The maximum Gasteiger partial charge on any atom is 0.320 e. The molecule has 7 heteroatoms. The summed E-state index contributed by atoms with van der Waals surface area (Å²) in [5, 5.41) is 10.1. The Labute approximate surface area is 148 Å². The smallest absolute Gasteiger partial charge is 0.320 e. The first-order chi connectivity index (χ1) is 12.3. The molecular weight excluding hydrogens is 318 g/mol. The lowest BCUT2D eigenvalue weighted by atomic mass is 10.2. The fraction of sp³-hybridized carbons (Fsp3) is 0.556. The number of nitrogens with one attached hydrogen (secondary N) is 2. The Balaban J connectivity index is 1.56. The molecule has 2 amide bonds. The molecule has 0 radical (unpaired) electrons. The van der Waals surface area contributed by atoms with Crippen LogP contribution in [0.1, 0.15) is 44.4 Å². The lowest BCUT2D eigenvalue weighted by molar-refractivity contribution is 0.206. The molecule has 0 saturated carbocycles. The average Bonchev–Trinajstić information content (AvgIpc) is 3.37. The van der Waals surface area contributed by atoms with Gasteiger partial charge >= 0.3 is 6.03 Å². The molecule has 0 spiro atoms. The molecule has 0 unspecified atom stereocenters. The number of likely N-dealkylation sites (tertiary alicyclic amines) is 1. The molecule has 1 saturated heterocycles. The van der Waals surface area contributed by atoms with Gasteiger partial charge in [-0.1, -0.05) is 13.3 Å². The van der Waals surface area contributed by atoms with Gasteiger partial charge in [0, 0.05) is 19.2 Å². The molecule has 136 valence electrons. The van der Waals surface area contributed by atoms with Crippen molar-refractivity contribution in [2.45, 2.75) is 45.2 Å². The molecule has 2 N–H and O–H groups in total. The van der Waals surface area contributed by atoms with Crippen molar-refractivity contribution in [2.75, 3.05) is 25.0 Å². The Bertz CT molecular complexity index is 646. The van der Waals surface area contributed by atoms with Gasteiger partial charge in [0.05, 0.1) is 18.5 Å². The standard InChI is InChI=1S/C18H27N5O2/c1-2-3-12-23-17(8-9-20-23)21-18(24)19-14-15(16-7-6-13-25-16)22-10-4-5-11-22/h6-9,13,15H,2-5,10-12,14H2,1H3,(H2,19,21,24)/t15-/m1/s1. The highest BCUT2D eigenvalue weighted by molar-refractivity contribution is 5.88. The van der Waals surface area contributed by atoms with Gasteiger partial charge in [-0.05, 0) is 44.5 Å². The Morgan fingerprint density at radius 1 is 1.36 bits per heavy atom. The van der Waals surface area contributed by atoms with Crippen molar-refractivity contribution >= 4 is 11.8 Å². The molecule has 0 aliphatic carbocycles. The van der Waals surface area contributed by atoms with E-state index in [1.807, 2.05) is 22.9 Å². The minimum absolute atomic E-state index is 0.0771. The third kappa shape index (κ3) is 4.63. The van der Waals surface area contributed by atoms with E-state index in [-0.39, 0.29) is 12.1 Å². The lowest BCUT2D eigenvalue weighted by Crippen LogP contribution is -2.38. The molecule has 2 aromatic rings. The van der Waals surface area contributed by atoms with E-state index in [0.29, 0.717) is 6.54 Å². The number of aryl methyl sites for hydroxylation is 1. The minimum atomic E-state index is -0.214. The van der Waals surface area contributed by atoms with Crippen LogP contribution in [0.25, 0.3) is 0 Å². The van der Waals surface area contributed by atoms with Crippen molar-refractivity contribution in [3.05, 3.63) is 36.4 Å². The SMILES string of the molecule is CCCCn1nccc1NC(=O)NC[C@H](c1ccco1)N1CCCC1. The normalized spacial score (nSPS) is 16.0. The van der Waals surface area contributed by atoms with Gasteiger partial charge in [-0.2, -0.15) is 5.10 Å². The molecule has 7 nitrogen and oxygen atoms in total. The number of hydrogen-bond donors (Lipinski definition) is 2. The Kier molecular flexibility index (Phi) is 6.11. The summed E-state index contributed by atoms with van der Waals surface area (Å²) < 4.78 is 7.41. The Morgan fingerprint density at radius 3 is 2.92 bits per heavy atom. The van der Waals surface area contributed by atoms with Crippen molar-refractivity contribution < 1.29 is 9.21 Å². The molecule has 3 rings (SSSR count). The first-order valence-corrected chi connectivity index (χ1v) is 9.12. The number of amides is 2. The zero-order valence-electron chi connectivity index (χ0n) is 14.8. The first kappa shape index (κ1) is 17.5. The van der Waals surface area contributed by atoms with Crippen LogP contribution in [0.15, 0.2) is 35.1 Å². The summed E-state index contributed by atoms with van der Waals surface area (Å²) in [6.07, 6.45) is 7.91. The lowest BCUT2D eigenvalue weighted by Gasteiger charge is -2.26. The predicted octanol–water partition coefficient (Wildman–Crippen LogP) is 3.23. The number of nitrogens with zero attached hydrogens (tertiary/aromatic N) is 3. The summed E-state index contributed by atoms with van der Waals surface area (Å²) in [5.74, 6) is 1.62. The minimum Gasteiger partial charge on any atom is -0.468 e. The van der Waals surface area contributed by atoms with Crippen LogP contribution in [0.5, 0.6) is 0 Å². The molecule has 3 heterocycles. The van der Waals surface area contributed by atoms with Gasteiger partial charge in [-0.15, -0.1) is 0 Å². The van der Waals surface area contributed by atoms with Crippen LogP contribution in [0.2, 0.25) is 0 Å². The predicted molar refractivity (Wildman–Crippen MR) is 96.4 cm³/mol. The van der Waals surface area contributed by atoms with Gasteiger partial charge in [0.2, 0.25) is 0 Å². The summed E-state index contributed by atoms with van der Waals surface area (Å²) in [6.45, 7) is 5.54. The van der Waals surface area contributed by atoms with Crippen molar-refractivity contribution in [1.82, 2.24) is 20.0 Å². The summed E-state index contributed by atoms with van der Waals surface area (Å²) in [5.41, 5.74) is 0. The van der Waals surface area contributed by atoms with Gasteiger partial charge in [0.15, 0.2) is 0 Å². The number of unbranched alkanes of at least 4 members (excludes halogenated alkanes) is 1. The van der Waals surface area contributed by atoms with Crippen molar-refractivity contribution in [3.63, 3.8) is 0 Å². The summed E-state index contributed by atoms with van der Waals surface area (Å²) in [7, 11) is 0. The van der Waals surface area contributed by atoms with E-state index in [1.165, 1.54) is 12.8 Å². The summed E-state index contributed by atoms with van der Waals surface area (Å²) in [4.78, 5) is 14.7. The fourth-order valence-corrected chi connectivity index (χ4v) is 3.22. The van der Waals surface area contributed by atoms with E-state index >= 15 is 0 Å². The second kappa shape index (κ2) is 8.71. The molecule has 0 aromatic carbocycles. The van der Waals surface area contributed by atoms with Crippen LogP contribution in [0.3, 0.4) is 0 Å². The maximum atomic E-state index is 12.3. The monoisotopic (exact) mass is 345 g/mol. The molecule has 0 bridgehead atoms. The quantitative estimate of drug-likeness (QED) is 0.770. The van der Waals surface area contributed by atoms with E-state index < -0.39 is 0 Å². The zero-order valence-corrected chi connectivity index (χ0v) is 14.8. The highest BCUT2D eigenvalue weighted by Crippen LogP contribution is 2.24. The second-order valence-corrected chi connectivity index (χ2v) is 6.40. The number of carbonyl (C=O) groups is 1. The van der Waals surface area contributed by atoms with E-state index in [0.717, 1.165) is 44.1 Å². The summed E-state index contributed by atoms with van der Waals surface area (Å²) >= 11 is 0. The summed E-state index contributed by atoms with van der Waals surface area (Å²) in [6, 6.07) is 5.55. The Hall–Kier alpha value is -2.28. The largest absolute Gasteiger partial charge is 0.468 e. The third-order valence-electron chi connectivity index (χ3n) is 4.59. The van der Waals surface area contributed by atoms with Gasteiger partial charge in [-0.3, -0.25) is 10.2 Å². The van der Waals surface area contributed by atoms with E-state index in [9.17, 15) is 4.79 Å². The number of carbonyl (C=O) groups excluding carboxylic acids is 1. The van der Waals surface area contributed by atoms with E-state index in [4.69, 9.17) is 4.42 Å². The van der Waals surface area contributed by atoms with Crippen molar-refractivity contribution in [1.29, 1.82) is 0 Å². The molecule has 2 aromatic heterocycles. The van der Waals surface area contributed by atoms with Gasteiger partial charge in [0.1, 0.15) is 11.6 Å². The number of urea groups is 1. The molecule has 25 heavy (non-hydrogen) atoms. The molecule has 1 aliphatic rings. The molecule has 1 fully saturated rings. The van der Waals surface area contributed by atoms with Gasteiger partial charge < -0.3 is 9.73 Å². The first-order valence-electron chi connectivity index (χ1n) is 9.12. The van der Waals surface area contributed by atoms with Crippen molar-refractivity contribution in [3.8, 4) is 0 Å². The molecule has 1 atom stereocenters. The fourth-order valence-electron chi connectivity index (χ4n) is 3.22. The van der Waals surface area contributed by atoms with Crippen molar-refractivity contribution in [2.24, 2.45) is 0 Å². The average molecular weight is 345 g/mol. The third-order valence-corrected chi connectivity index (χ3v) is 4.59. The maximum absolute atomic E-state index is 12.3. The van der Waals surface area contributed by atoms with Gasteiger partial charge in [-0.25, -0.2) is 9.48 Å². The highest BCUT2D eigenvalue weighted by Gasteiger charge is 2.26. The number of anilines is 1. The topological polar surface area (TPSA) is 75.3 Å². The van der Waals surface area contributed by atoms with Crippen LogP contribution >= 0.6 is 0 Å². The van der Waals surface area contributed by atoms with E-state index in [2.05, 4.69) is 27.6 Å². The second-order valence-electron chi connectivity index (χ2n) is 6.40. The highest BCUT2D eigenvalue weighted by atomic mass is 16.3. The number of hydrogen-bond acceptors (Lipinski definition) is 4. The number of rotatable bonds is 8. The van der Waals surface area contributed by atoms with Crippen LogP contribution in [-0.2, 0) is 6.54 Å². The van der Waals surface area contributed by atoms with Gasteiger partial charge in [0.25, 0.3) is 0 Å². The molecular formula is C18H27N5O2.